The lowest BCUT2D eigenvalue weighted by atomic mass is 10.2. The van der Waals surface area contributed by atoms with Crippen LogP contribution < -0.4 is 25.4 Å². The molecule has 11 heteroatoms. The van der Waals surface area contributed by atoms with Gasteiger partial charge in [0.05, 0.1) is 14.2 Å². The van der Waals surface area contributed by atoms with Crippen molar-refractivity contribution in [2.45, 2.75) is 19.1 Å². The molecule has 2 aromatic rings. The molecule has 0 heterocycles. The summed E-state index contributed by atoms with van der Waals surface area (Å²) in [5.74, 6) is -1.88. The number of carbonyl (C=O) groups is 3. The van der Waals surface area contributed by atoms with Crippen molar-refractivity contribution in [1.82, 2.24) is 0 Å². The first-order chi connectivity index (χ1) is 15.1. The third kappa shape index (κ3) is 6.71. The fraction of sp³-hybridized carbons (Fsp3) is 0.286. The van der Waals surface area contributed by atoms with Gasteiger partial charge in [0.25, 0.3) is 0 Å². The second-order valence-electron chi connectivity index (χ2n) is 6.82. The maximum Gasteiger partial charge on any atom is 0.242 e. The van der Waals surface area contributed by atoms with E-state index in [1.165, 1.54) is 52.3 Å². The first-order valence-electron chi connectivity index (χ1n) is 9.47. The minimum absolute atomic E-state index is 0.243. The summed E-state index contributed by atoms with van der Waals surface area (Å²) in [5, 5.41) is 6.07. The molecule has 3 N–H and O–H groups in total. The van der Waals surface area contributed by atoms with Crippen molar-refractivity contribution in [2.24, 2.45) is 0 Å². The van der Waals surface area contributed by atoms with Gasteiger partial charge in [-0.15, -0.1) is 0 Å². The minimum atomic E-state index is -4.09. The molecule has 172 valence electrons. The third-order valence-electron chi connectivity index (χ3n) is 4.38. The topological polar surface area (TPSA) is 140 Å². The molecular formula is C21H25N3O7S. The molecule has 0 aliphatic rings. The van der Waals surface area contributed by atoms with Gasteiger partial charge in [-0.1, -0.05) is 0 Å². The molecular weight excluding hydrogens is 438 g/mol. The first kappa shape index (κ1) is 24.7. The normalized spacial score (nSPS) is 11.8. The summed E-state index contributed by atoms with van der Waals surface area (Å²) in [5.41, 5.74) is 1.20. The molecule has 0 radical (unpaired) electrons. The number of benzene rings is 2. The molecule has 2 rings (SSSR count). The van der Waals surface area contributed by atoms with E-state index in [9.17, 15) is 22.8 Å². The highest BCUT2D eigenvalue weighted by molar-refractivity contribution is 7.93. The van der Waals surface area contributed by atoms with Crippen LogP contribution in [0.1, 0.15) is 13.8 Å². The molecule has 3 amide bonds. The number of ether oxygens (including phenoxy) is 2. The predicted octanol–water partition coefficient (Wildman–Crippen LogP) is 2.04. The van der Waals surface area contributed by atoms with Crippen LogP contribution in [0.4, 0.5) is 17.1 Å². The van der Waals surface area contributed by atoms with Gasteiger partial charge >= 0.3 is 0 Å². The number of sulfone groups is 1. The molecule has 0 saturated heterocycles. The lowest BCUT2D eigenvalue weighted by molar-refractivity contribution is -0.116. The van der Waals surface area contributed by atoms with Crippen LogP contribution >= 0.6 is 0 Å². The standard InChI is InChI=1S/C21H25N3O7S/c1-13(21(27)24-16-7-5-15(6-8-16)22-14(2)25)32(28,29)12-20(26)23-17-9-10-18(30-3)19(11-17)31-4/h5-11,13H,12H2,1-4H3,(H,22,25)(H,23,26)(H,24,27). The summed E-state index contributed by atoms with van der Waals surface area (Å²) < 4.78 is 35.3. The zero-order chi connectivity index (χ0) is 23.9. The van der Waals surface area contributed by atoms with E-state index in [1.807, 2.05) is 0 Å². The van der Waals surface area contributed by atoms with Gasteiger partial charge in [-0.2, -0.15) is 0 Å². The smallest absolute Gasteiger partial charge is 0.242 e. The van der Waals surface area contributed by atoms with Crippen LogP contribution in [0.2, 0.25) is 0 Å². The summed E-state index contributed by atoms with van der Waals surface area (Å²) in [6, 6.07) is 10.8. The molecule has 0 spiro atoms. The average molecular weight is 464 g/mol. The van der Waals surface area contributed by atoms with Gasteiger partial charge in [0.2, 0.25) is 17.7 Å². The summed E-state index contributed by atoms with van der Waals surface area (Å²) >= 11 is 0. The van der Waals surface area contributed by atoms with Crippen LogP contribution in [-0.4, -0.2) is 51.4 Å². The van der Waals surface area contributed by atoms with Crippen LogP contribution in [-0.2, 0) is 24.2 Å². The zero-order valence-electron chi connectivity index (χ0n) is 18.1. The predicted molar refractivity (Wildman–Crippen MR) is 121 cm³/mol. The molecule has 0 aliphatic heterocycles. The number of methoxy groups -OCH3 is 2. The van der Waals surface area contributed by atoms with E-state index in [0.717, 1.165) is 0 Å². The average Bonchev–Trinajstić information content (AvgIpc) is 2.73. The molecule has 0 aliphatic carbocycles. The van der Waals surface area contributed by atoms with E-state index >= 15 is 0 Å². The van der Waals surface area contributed by atoms with Crippen molar-refractivity contribution < 1.29 is 32.3 Å². The maximum absolute atomic E-state index is 12.5. The Kier molecular flexibility index (Phi) is 8.19. The van der Waals surface area contributed by atoms with Crippen molar-refractivity contribution in [3.63, 3.8) is 0 Å². The van der Waals surface area contributed by atoms with Crippen molar-refractivity contribution in [3.05, 3.63) is 42.5 Å². The van der Waals surface area contributed by atoms with E-state index in [1.54, 1.807) is 18.2 Å². The summed E-state index contributed by atoms with van der Waals surface area (Å²) in [4.78, 5) is 35.7. The monoisotopic (exact) mass is 463 g/mol. The van der Waals surface area contributed by atoms with Crippen LogP contribution in [0, 0.1) is 0 Å². The lowest BCUT2D eigenvalue weighted by Gasteiger charge is -2.14. The summed E-state index contributed by atoms with van der Waals surface area (Å²) in [6.45, 7) is 2.57. The SMILES string of the molecule is COc1ccc(NC(=O)CS(=O)(=O)C(C)C(=O)Nc2ccc(NC(C)=O)cc2)cc1OC. The largest absolute Gasteiger partial charge is 0.493 e. The van der Waals surface area contributed by atoms with Crippen molar-refractivity contribution in [1.29, 1.82) is 0 Å². The Morgan fingerprint density at radius 3 is 1.91 bits per heavy atom. The number of hydrogen-bond donors (Lipinski definition) is 3. The van der Waals surface area contributed by atoms with Crippen LogP contribution in [0.5, 0.6) is 11.5 Å². The number of nitrogens with one attached hydrogen (secondary N) is 3. The molecule has 0 bridgehead atoms. The second kappa shape index (κ2) is 10.6. The van der Waals surface area contributed by atoms with E-state index in [0.29, 0.717) is 28.6 Å². The van der Waals surface area contributed by atoms with Gasteiger partial charge in [-0.3, -0.25) is 14.4 Å². The quantitative estimate of drug-likeness (QED) is 0.517. The van der Waals surface area contributed by atoms with Gasteiger partial charge in [0, 0.05) is 30.1 Å². The van der Waals surface area contributed by atoms with Crippen LogP contribution in [0.25, 0.3) is 0 Å². The third-order valence-corrected chi connectivity index (χ3v) is 6.34. The fourth-order valence-corrected chi connectivity index (χ4v) is 3.74. The second-order valence-corrected chi connectivity index (χ2v) is 9.14. The Labute approximate surface area is 186 Å². The van der Waals surface area contributed by atoms with Crippen LogP contribution in [0.15, 0.2) is 42.5 Å². The molecule has 0 saturated carbocycles. The molecule has 2 aromatic carbocycles. The van der Waals surface area contributed by atoms with Gasteiger partial charge in [0.1, 0.15) is 11.0 Å². The Bertz CT molecular complexity index is 1100. The van der Waals surface area contributed by atoms with Crippen LogP contribution in [0.3, 0.4) is 0 Å². The maximum atomic E-state index is 12.5. The lowest BCUT2D eigenvalue weighted by Crippen LogP contribution is -2.37. The highest BCUT2D eigenvalue weighted by Gasteiger charge is 2.30. The fourth-order valence-electron chi connectivity index (χ4n) is 2.67. The van der Waals surface area contributed by atoms with Crippen molar-refractivity contribution >= 4 is 44.6 Å². The Morgan fingerprint density at radius 2 is 1.38 bits per heavy atom. The molecule has 32 heavy (non-hydrogen) atoms. The number of anilines is 3. The van der Waals surface area contributed by atoms with E-state index in [2.05, 4.69) is 16.0 Å². The zero-order valence-corrected chi connectivity index (χ0v) is 18.9. The highest BCUT2D eigenvalue weighted by Crippen LogP contribution is 2.29. The summed E-state index contributed by atoms with van der Waals surface area (Å²) in [6.07, 6.45) is 0. The minimum Gasteiger partial charge on any atom is -0.493 e. The summed E-state index contributed by atoms with van der Waals surface area (Å²) in [7, 11) is -1.19. The molecule has 10 nitrogen and oxygen atoms in total. The molecule has 0 fully saturated rings. The molecule has 1 atom stereocenters. The van der Waals surface area contributed by atoms with E-state index in [-0.39, 0.29) is 5.91 Å². The van der Waals surface area contributed by atoms with Gasteiger partial charge in [-0.05, 0) is 43.3 Å². The number of hydrogen-bond acceptors (Lipinski definition) is 7. The van der Waals surface area contributed by atoms with Gasteiger partial charge in [-0.25, -0.2) is 8.42 Å². The van der Waals surface area contributed by atoms with E-state index in [4.69, 9.17) is 9.47 Å². The Morgan fingerprint density at radius 1 is 0.844 bits per heavy atom. The van der Waals surface area contributed by atoms with E-state index < -0.39 is 32.7 Å². The highest BCUT2D eigenvalue weighted by atomic mass is 32.2. The van der Waals surface area contributed by atoms with Crippen molar-refractivity contribution in [2.75, 3.05) is 35.9 Å². The Hall–Kier alpha value is -3.60. The number of amides is 3. The molecule has 0 aromatic heterocycles. The first-order valence-corrected chi connectivity index (χ1v) is 11.2. The number of rotatable bonds is 9. The van der Waals surface area contributed by atoms with Gasteiger partial charge in [0.15, 0.2) is 21.3 Å². The van der Waals surface area contributed by atoms with Gasteiger partial charge < -0.3 is 25.4 Å². The number of carbonyl (C=O) groups excluding carboxylic acids is 3. The Balaban J connectivity index is 2.00. The van der Waals surface area contributed by atoms with Crippen molar-refractivity contribution in [3.8, 4) is 11.5 Å². The molecule has 1 unspecified atom stereocenters.